The standard InChI is InChI=1S/C25H26F2N6O2/c1-35-23-8-13(6-7-28-23)16-11-21(34)17(10-18(16)26)25-29-12-22(31-32-25)33(15-3-4-15)20-9-14-2-5-19(30-14)24(20)27/h6-8,10-12,14-15,19-20,24,30,34H,2-5,9H2,1H3/t14-,19+,20?,24?/m1/s1. The van der Waals surface area contributed by atoms with Gasteiger partial charge in [-0.25, -0.2) is 18.7 Å². The van der Waals surface area contributed by atoms with Crippen molar-refractivity contribution in [3.63, 3.8) is 0 Å². The quantitative estimate of drug-likeness (QED) is 0.552. The molecular weight excluding hydrogens is 454 g/mol. The van der Waals surface area contributed by atoms with Crippen LogP contribution < -0.4 is 15.0 Å². The van der Waals surface area contributed by atoms with Crippen molar-refractivity contribution >= 4 is 5.82 Å². The van der Waals surface area contributed by atoms with Crippen LogP contribution in [0.25, 0.3) is 22.5 Å². The largest absolute Gasteiger partial charge is 0.507 e. The molecule has 2 N–H and O–H groups in total. The molecular formula is C25H26F2N6O2. The maximum absolute atomic E-state index is 15.3. The van der Waals surface area contributed by atoms with Crippen molar-refractivity contribution in [2.24, 2.45) is 0 Å². The number of anilines is 1. The molecule has 6 rings (SSSR count). The SMILES string of the molecule is COc1cc(-c2cc(O)c(-c3ncc(N(C4CC4)C4C[C@H]5CC[C@H](N5)C4F)nn3)cc2F)ccn1. The summed E-state index contributed by atoms with van der Waals surface area (Å²) in [6.45, 7) is 0. The van der Waals surface area contributed by atoms with Crippen LogP contribution in [-0.2, 0) is 0 Å². The van der Waals surface area contributed by atoms with Gasteiger partial charge >= 0.3 is 0 Å². The highest BCUT2D eigenvalue weighted by Gasteiger charge is 2.48. The molecule has 2 bridgehead atoms. The molecule has 3 aromatic rings. The van der Waals surface area contributed by atoms with Gasteiger partial charge in [0.1, 0.15) is 17.7 Å². The van der Waals surface area contributed by atoms with Crippen molar-refractivity contribution in [1.29, 1.82) is 0 Å². The Morgan fingerprint density at radius 3 is 2.69 bits per heavy atom. The number of ether oxygens (including phenoxy) is 1. The first-order valence-corrected chi connectivity index (χ1v) is 11.9. The van der Waals surface area contributed by atoms with Gasteiger partial charge in [0, 0.05) is 36.0 Å². The molecule has 3 aliphatic rings. The van der Waals surface area contributed by atoms with E-state index in [0.717, 1.165) is 32.1 Å². The smallest absolute Gasteiger partial charge is 0.213 e. The van der Waals surface area contributed by atoms with E-state index in [0.29, 0.717) is 23.3 Å². The first kappa shape index (κ1) is 22.1. The molecule has 4 heterocycles. The van der Waals surface area contributed by atoms with Gasteiger partial charge in [-0.2, -0.15) is 0 Å². The number of pyridine rings is 1. The number of piperidine rings is 1. The number of nitrogens with zero attached hydrogens (tertiary/aromatic N) is 5. The lowest BCUT2D eigenvalue weighted by Crippen LogP contribution is -2.57. The normalized spacial score (nSPS) is 25.5. The first-order valence-electron chi connectivity index (χ1n) is 11.9. The second-order valence-corrected chi connectivity index (χ2v) is 9.51. The first-order chi connectivity index (χ1) is 17.0. The van der Waals surface area contributed by atoms with Crippen molar-refractivity contribution in [3.8, 4) is 34.1 Å². The number of halogens is 2. The number of aromatic hydroxyl groups is 1. The van der Waals surface area contributed by atoms with E-state index in [2.05, 4.69) is 25.5 Å². The summed E-state index contributed by atoms with van der Waals surface area (Å²) in [5.74, 6) is 0.229. The molecule has 3 fully saturated rings. The summed E-state index contributed by atoms with van der Waals surface area (Å²) < 4.78 is 35.4. The molecule has 2 unspecified atom stereocenters. The van der Waals surface area contributed by atoms with Gasteiger partial charge in [-0.15, -0.1) is 10.2 Å². The number of benzene rings is 1. The maximum Gasteiger partial charge on any atom is 0.213 e. The molecule has 2 aliphatic heterocycles. The Bertz CT molecular complexity index is 1240. The van der Waals surface area contributed by atoms with Crippen molar-refractivity contribution in [2.75, 3.05) is 12.0 Å². The van der Waals surface area contributed by atoms with Gasteiger partial charge in [-0.1, -0.05) is 0 Å². The molecule has 0 amide bonds. The van der Waals surface area contributed by atoms with Gasteiger partial charge in [0.05, 0.1) is 24.9 Å². The van der Waals surface area contributed by atoms with Crippen molar-refractivity contribution in [2.45, 2.75) is 62.4 Å². The summed E-state index contributed by atoms with van der Waals surface area (Å²) in [7, 11) is 1.48. The summed E-state index contributed by atoms with van der Waals surface area (Å²) in [5, 5.41) is 22.5. The number of hydrogen-bond donors (Lipinski definition) is 2. The van der Waals surface area contributed by atoms with E-state index in [1.54, 1.807) is 18.3 Å². The fourth-order valence-electron chi connectivity index (χ4n) is 5.39. The molecule has 4 atom stereocenters. The van der Waals surface area contributed by atoms with Crippen LogP contribution in [-0.4, -0.2) is 62.7 Å². The summed E-state index contributed by atoms with van der Waals surface area (Å²) in [4.78, 5) is 10.4. The second-order valence-electron chi connectivity index (χ2n) is 9.51. The highest BCUT2D eigenvalue weighted by Crippen LogP contribution is 2.40. The minimum atomic E-state index is -0.978. The number of rotatable bonds is 6. The average molecular weight is 481 g/mol. The van der Waals surface area contributed by atoms with E-state index >= 15 is 8.78 Å². The number of fused-ring (bicyclic) bond motifs is 2. The number of phenolic OH excluding ortho intramolecular Hbond substituents is 1. The van der Waals surface area contributed by atoms with Gasteiger partial charge < -0.3 is 20.1 Å². The molecule has 35 heavy (non-hydrogen) atoms. The molecule has 8 nitrogen and oxygen atoms in total. The predicted molar refractivity (Wildman–Crippen MR) is 125 cm³/mol. The summed E-state index contributed by atoms with van der Waals surface area (Å²) >= 11 is 0. The maximum atomic E-state index is 15.3. The molecule has 0 radical (unpaired) electrons. The van der Waals surface area contributed by atoms with E-state index in [1.807, 2.05) is 4.90 Å². The lowest BCUT2D eigenvalue weighted by molar-refractivity contribution is 0.171. The lowest BCUT2D eigenvalue weighted by atomic mass is 9.96. The van der Waals surface area contributed by atoms with Crippen LogP contribution >= 0.6 is 0 Å². The lowest BCUT2D eigenvalue weighted by Gasteiger charge is -2.40. The van der Waals surface area contributed by atoms with Gasteiger partial charge in [0.15, 0.2) is 11.6 Å². The topological polar surface area (TPSA) is 96.3 Å². The van der Waals surface area contributed by atoms with Crippen LogP contribution in [0, 0.1) is 5.82 Å². The summed E-state index contributed by atoms with van der Waals surface area (Å²) in [6, 6.07) is 5.93. The van der Waals surface area contributed by atoms with Crippen LogP contribution in [0.15, 0.2) is 36.7 Å². The zero-order valence-electron chi connectivity index (χ0n) is 19.2. The molecule has 1 saturated carbocycles. The monoisotopic (exact) mass is 480 g/mol. The Kier molecular flexibility index (Phi) is 5.47. The van der Waals surface area contributed by atoms with Crippen LogP contribution in [0.4, 0.5) is 14.6 Å². The molecule has 2 aromatic heterocycles. The summed E-state index contributed by atoms with van der Waals surface area (Å²) in [5.41, 5.74) is 0.848. The molecule has 1 aliphatic carbocycles. The Labute approximate surface area is 201 Å². The van der Waals surface area contributed by atoms with Gasteiger partial charge in [0.25, 0.3) is 0 Å². The molecule has 2 saturated heterocycles. The number of methoxy groups -OCH3 is 1. The van der Waals surface area contributed by atoms with E-state index < -0.39 is 12.0 Å². The third-order valence-electron chi connectivity index (χ3n) is 7.25. The Morgan fingerprint density at radius 2 is 1.94 bits per heavy atom. The van der Waals surface area contributed by atoms with Gasteiger partial charge in [0.2, 0.25) is 5.88 Å². The molecule has 182 valence electrons. The fourth-order valence-corrected chi connectivity index (χ4v) is 5.39. The minimum absolute atomic E-state index is 0.0990. The second kappa shape index (κ2) is 8.67. The van der Waals surface area contributed by atoms with Crippen molar-refractivity contribution in [1.82, 2.24) is 25.5 Å². The Balaban J connectivity index is 1.28. The van der Waals surface area contributed by atoms with Crippen LogP contribution in [0.1, 0.15) is 32.1 Å². The van der Waals surface area contributed by atoms with Crippen molar-refractivity contribution < 1.29 is 18.6 Å². The Hall–Kier alpha value is -3.40. The van der Waals surface area contributed by atoms with Gasteiger partial charge in [-0.05, 0) is 55.9 Å². The van der Waals surface area contributed by atoms with Gasteiger partial charge in [-0.3, -0.25) is 0 Å². The highest BCUT2D eigenvalue weighted by molar-refractivity contribution is 5.74. The van der Waals surface area contributed by atoms with E-state index in [1.165, 1.54) is 25.4 Å². The summed E-state index contributed by atoms with van der Waals surface area (Å²) in [6.07, 6.45) is 6.64. The zero-order chi connectivity index (χ0) is 24.1. The third-order valence-corrected chi connectivity index (χ3v) is 7.25. The van der Waals surface area contributed by atoms with E-state index in [-0.39, 0.29) is 40.8 Å². The van der Waals surface area contributed by atoms with E-state index in [9.17, 15) is 5.11 Å². The van der Waals surface area contributed by atoms with Crippen molar-refractivity contribution in [3.05, 3.63) is 42.5 Å². The third kappa shape index (κ3) is 4.05. The number of aromatic nitrogens is 4. The minimum Gasteiger partial charge on any atom is -0.507 e. The zero-order valence-corrected chi connectivity index (χ0v) is 19.2. The number of nitrogens with one attached hydrogen (secondary N) is 1. The average Bonchev–Trinajstić information content (AvgIpc) is 3.63. The number of hydrogen-bond acceptors (Lipinski definition) is 8. The molecule has 10 heteroatoms. The highest BCUT2D eigenvalue weighted by atomic mass is 19.1. The molecule has 1 aromatic carbocycles. The fraction of sp³-hybridized carbons (Fsp3) is 0.440. The number of alkyl halides is 1. The number of phenols is 1. The van der Waals surface area contributed by atoms with Crippen LogP contribution in [0.3, 0.4) is 0 Å². The van der Waals surface area contributed by atoms with Crippen LogP contribution in [0.2, 0.25) is 0 Å². The molecule has 0 spiro atoms. The van der Waals surface area contributed by atoms with E-state index in [4.69, 9.17) is 4.74 Å². The Morgan fingerprint density at radius 1 is 1.09 bits per heavy atom. The predicted octanol–water partition coefficient (Wildman–Crippen LogP) is 3.65. The van der Waals surface area contributed by atoms with Crippen LogP contribution in [0.5, 0.6) is 11.6 Å².